The van der Waals surface area contributed by atoms with Gasteiger partial charge in [-0.2, -0.15) is 0 Å². The van der Waals surface area contributed by atoms with Crippen LogP contribution in [0.3, 0.4) is 0 Å². The first-order chi connectivity index (χ1) is 17.0. The quantitative estimate of drug-likeness (QED) is 0.129. The zero-order valence-corrected chi connectivity index (χ0v) is 25.2. The number of carbonyl (C=O) groups is 1. The summed E-state index contributed by atoms with van der Waals surface area (Å²) in [6.07, 6.45) is 2.97. The SMILES string of the molecule is C.CC(=O)C=C(C)O.Cc1[c-]c(-c2cc3oc(-c4c(C(C)C)cccc4C(C)C)nc3cn2)cc(C)c1.[Ir]. The average molecular weight is 692 g/mol. The van der Waals surface area contributed by atoms with E-state index >= 15 is 0 Å². The Morgan fingerprint density at radius 1 is 1.03 bits per heavy atom. The Kier molecular flexibility index (Phi) is 12.3. The predicted molar refractivity (Wildman–Crippen MR) is 153 cm³/mol. The van der Waals surface area contributed by atoms with Crippen LogP contribution in [0.1, 0.15) is 83.1 Å². The fraction of sp³-hybridized carbons (Fsp3) is 0.344. The molecule has 205 valence electrons. The molecule has 5 nitrogen and oxygen atoms in total. The molecule has 6 heteroatoms. The van der Waals surface area contributed by atoms with E-state index in [4.69, 9.17) is 14.5 Å². The number of allylic oxidation sites excluding steroid dienone is 2. The summed E-state index contributed by atoms with van der Waals surface area (Å²) in [5.41, 5.74) is 9.31. The van der Waals surface area contributed by atoms with E-state index in [2.05, 4.69) is 82.9 Å². The van der Waals surface area contributed by atoms with Crippen LogP contribution in [0.4, 0.5) is 0 Å². The molecule has 2 aromatic heterocycles. The van der Waals surface area contributed by atoms with Crippen LogP contribution in [0, 0.1) is 19.9 Å². The zero-order chi connectivity index (χ0) is 26.6. The number of aliphatic hydroxyl groups is 1. The third-order valence-electron chi connectivity index (χ3n) is 5.70. The van der Waals surface area contributed by atoms with Crippen LogP contribution in [0.2, 0.25) is 0 Å². The van der Waals surface area contributed by atoms with Crippen molar-refractivity contribution in [1.29, 1.82) is 0 Å². The summed E-state index contributed by atoms with van der Waals surface area (Å²) in [6, 6.07) is 16.1. The number of hydrogen-bond acceptors (Lipinski definition) is 5. The summed E-state index contributed by atoms with van der Waals surface area (Å²) in [4.78, 5) is 19.4. The summed E-state index contributed by atoms with van der Waals surface area (Å²) in [5.74, 6) is 1.39. The maximum Gasteiger partial charge on any atom is 0.227 e. The van der Waals surface area contributed by atoms with Crippen LogP contribution in [-0.2, 0) is 24.9 Å². The zero-order valence-electron chi connectivity index (χ0n) is 22.8. The minimum atomic E-state index is -0.125. The first-order valence-electron chi connectivity index (χ1n) is 12.2. The summed E-state index contributed by atoms with van der Waals surface area (Å²) in [6.45, 7) is 15.8. The number of benzene rings is 2. The molecule has 0 fully saturated rings. The number of fused-ring (bicyclic) bond motifs is 1. The van der Waals surface area contributed by atoms with Gasteiger partial charge in [0.1, 0.15) is 11.1 Å². The van der Waals surface area contributed by atoms with Crippen molar-refractivity contribution in [3.8, 4) is 22.7 Å². The van der Waals surface area contributed by atoms with Crippen LogP contribution in [0.5, 0.6) is 0 Å². The number of aliphatic hydroxyl groups excluding tert-OH is 1. The Morgan fingerprint density at radius 3 is 2.11 bits per heavy atom. The van der Waals surface area contributed by atoms with E-state index in [9.17, 15) is 4.79 Å². The number of ketones is 1. The van der Waals surface area contributed by atoms with E-state index < -0.39 is 0 Å². The van der Waals surface area contributed by atoms with Gasteiger partial charge in [-0.05, 0) is 48.6 Å². The molecule has 0 bridgehead atoms. The van der Waals surface area contributed by atoms with Gasteiger partial charge >= 0.3 is 0 Å². The van der Waals surface area contributed by atoms with E-state index in [0.29, 0.717) is 17.7 Å². The van der Waals surface area contributed by atoms with Gasteiger partial charge in [0.2, 0.25) is 5.89 Å². The van der Waals surface area contributed by atoms with E-state index in [0.717, 1.165) is 33.5 Å². The number of hydrogen-bond donors (Lipinski definition) is 1. The second-order valence-electron chi connectivity index (χ2n) is 9.83. The summed E-state index contributed by atoms with van der Waals surface area (Å²) < 4.78 is 6.29. The van der Waals surface area contributed by atoms with Crippen molar-refractivity contribution in [3.05, 3.63) is 82.8 Å². The van der Waals surface area contributed by atoms with Crippen molar-refractivity contribution in [2.24, 2.45) is 0 Å². The molecule has 2 aromatic carbocycles. The summed E-state index contributed by atoms with van der Waals surface area (Å²) in [5, 5.41) is 8.36. The molecule has 4 rings (SSSR count). The fourth-order valence-corrected chi connectivity index (χ4v) is 4.21. The maximum absolute atomic E-state index is 10.0. The Hall–Kier alpha value is -3.08. The van der Waals surface area contributed by atoms with Crippen LogP contribution in [-0.4, -0.2) is 20.9 Å². The van der Waals surface area contributed by atoms with Crippen molar-refractivity contribution < 1.29 is 34.4 Å². The average Bonchev–Trinajstić information content (AvgIpc) is 3.20. The molecule has 0 amide bonds. The Labute approximate surface area is 240 Å². The minimum Gasteiger partial charge on any atom is -0.512 e. The number of oxazole rings is 1. The van der Waals surface area contributed by atoms with Gasteiger partial charge in [0.25, 0.3) is 0 Å². The van der Waals surface area contributed by atoms with Crippen LogP contribution in [0.25, 0.3) is 33.8 Å². The molecular formula is C32H39IrN2O3-. The first kappa shape index (κ1) is 32.9. The Morgan fingerprint density at radius 2 is 1.63 bits per heavy atom. The second-order valence-corrected chi connectivity index (χ2v) is 9.83. The standard InChI is InChI=1S/C26H27N2O.C5H8O2.CH4.Ir/c1-15(2)20-8-7-9-21(16(3)4)25(20)26-28-23-14-27-22(13-24(23)29-26)19-11-17(5)10-18(6)12-19;1-4(6)3-5(2)7;;/h7-11,13-16H,1-6H3;3,6H,1-2H3;1H4;/q-1;;;. The third-order valence-corrected chi connectivity index (χ3v) is 5.70. The fourth-order valence-electron chi connectivity index (χ4n) is 4.21. The molecule has 0 saturated carbocycles. The predicted octanol–water partition coefficient (Wildman–Crippen LogP) is 8.89. The number of pyridine rings is 1. The molecule has 0 aliphatic rings. The van der Waals surface area contributed by atoms with E-state index in [1.807, 2.05) is 6.07 Å². The topological polar surface area (TPSA) is 76.2 Å². The molecule has 0 atom stereocenters. The van der Waals surface area contributed by atoms with Crippen LogP contribution < -0.4 is 0 Å². The van der Waals surface area contributed by atoms with Gasteiger partial charge < -0.3 is 14.5 Å². The van der Waals surface area contributed by atoms with Crippen LogP contribution >= 0.6 is 0 Å². The van der Waals surface area contributed by atoms with Crippen LogP contribution in [0.15, 0.2) is 58.8 Å². The number of nitrogens with zero attached hydrogens (tertiary/aromatic N) is 2. The van der Waals surface area contributed by atoms with Gasteiger partial charge in [-0.3, -0.25) is 4.79 Å². The molecule has 1 radical (unpaired) electrons. The van der Waals surface area contributed by atoms with Crippen molar-refractivity contribution in [1.82, 2.24) is 9.97 Å². The Bertz CT molecular complexity index is 1370. The summed E-state index contributed by atoms with van der Waals surface area (Å²) >= 11 is 0. The molecule has 4 aromatic rings. The van der Waals surface area contributed by atoms with Gasteiger partial charge in [0.05, 0.1) is 5.76 Å². The smallest absolute Gasteiger partial charge is 0.227 e. The molecule has 0 unspecified atom stereocenters. The van der Waals surface area contributed by atoms with Gasteiger partial charge in [-0.15, -0.1) is 34.9 Å². The second kappa shape index (κ2) is 14.2. The van der Waals surface area contributed by atoms with Crippen molar-refractivity contribution in [2.45, 2.75) is 74.7 Å². The van der Waals surface area contributed by atoms with E-state index in [1.165, 1.54) is 36.6 Å². The summed E-state index contributed by atoms with van der Waals surface area (Å²) in [7, 11) is 0. The normalized spacial score (nSPS) is 11.1. The van der Waals surface area contributed by atoms with Crippen molar-refractivity contribution >= 4 is 16.9 Å². The van der Waals surface area contributed by atoms with Gasteiger partial charge in [0, 0.05) is 37.9 Å². The monoisotopic (exact) mass is 692 g/mol. The first-order valence-corrected chi connectivity index (χ1v) is 12.2. The molecule has 1 N–H and O–H groups in total. The molecule has 2 heterocycles. The number of carbonyl (C=O) groups excluding carboxylic acids is 1. The molecule has 0 aliphatic carbocycles. The largest absolute Gasteiger partial charge is 0.512 e. The molecule has 0 aliphatic heterocycles. The number of aromatic nitrogens is 2. The molecule has 0 spiro atoms. The van der Waals surface area contributed by atoms with Crippen molar-refractivity contribution in [2.75, 3.05) is 0 Å². The Balaban J connectivity index is 0.000000712. The van der Waals surface area contributed by atoms with Gasteiger partial charge in [-0.1, -0.05) is 67.2 Å². The number of aryl methyl sites for hydroxylation is 2. The maximum atomic E-state index is 10.0. The number of rotatable bonds is 5. The van der Waals surface area contributed by atoms with Gasteiger partial charge in [0.15, 0.2) is 5.78 Å². The minimum absolute atomic E-state index is 0. The van der Waals surface area contributed by atoms with Gasteiger partial charge in [-0.25, -0.2) is 4.98 Å². The van der Waals surface area contributed by atoms with Crippen molar-refractivity contribution in [3.63, 3.8) is 0 Å². The van der Waals surface area contributed by atoms with E-state index in [1.54, 1.807) is 6.20 Å². The van der Waals surface area contributed by atoms with E-state index in [-0.39, 0.29) is 39.1 Å². The third kappa shape index (κ3) is 8.21. The molecule has 38 heavy (non-hydrogen) atoms. The molecular weight excluding hydrogens is 653 g/mol. The molecule has 0 saturated heterocycles.